The van der Waals surface area contributed by atoms with Crippen molar-refractivity contribution in [1.82, 2.24) is 0 Å². The second kappa shape index (κ2) is 5.76. The fourth-order valence-electron chi connectivity index (χ4n) is 2.43. The monoisotopic (exact) mass is 297 g/mol. The predicted molar refractivity (Wildman–Crippen MR) is 76.7 cm³/mol. The summed E-state index contributed by atoms with van der Waals surface area (Å²) < 4.78 is 0. The molecule has 1 aliphatic rings. The van der Waals surface area contributed by atoms with Gasteiger partial charge in [0, 0.05) is 17.5 Å². The molecule has 1 saturated carbocycles. The fourth-order valence-corrected chi connectivity index (χ4v) is 2.59. The van der Waals surface area contributed by atoms with Gasteiger partial charge in [-0.25, -0.2) is 0 Å². The van der Waals surface area contributed by atoms with Crippen molar-refractivity contribution in [2.75, 3.05) is 11.9 Å². The van der Waals surface area contributed by atoms with Crippen LogP contribution in [0.3, 0.4) is 0 Å². The molecule has 3 N–H and O–H groups in total. The number of carbonyl (C=O) groups is 1. The normalized spacial score (nSPS) is 16.3. The third-order valence-corrected chi connectivity index (χ3v) is 4.05. The predicted octanol–water partition coefficient (Wildman–Crippen LogP) is 2.71. The molecule has 2 rings (SSSR count). The van der Waals surface area contributed by atoms with E-state index in [1.807, 2.05) is 0 Å². The summed E-state index contributed by atoms with van der Waals surface area (Å²) in [7, 11) is 0. The van der Waals surface area contributed by atoms with Crippen LogP contribution < -0.4 is 11.1 Å². The van der Waals surface area contributed by atoms with E-state index in [0.29, 0.717) is 13.0 Å². The lowest BCUT2D eigenvalue weighted by Gasteiger charge is -2.40. The molecule has 0 aromatic heterocycles. The van der Waals surface area contributed by atoms with E-state index in [9.17, 15) is 14.9 Å². The highest BCUT2D eigenvalue weighted by molar-refractivity contribution is 6.31. The topological polar surface area (TPSA) is 98.3 Å². The van der Waals surface area contributed by atoms with Gasteiger partial charge in [-0.05, 0) is 36.9 Å². The van der Waals surface area contributed by atoms with Crippen molar-refractivity contribution in [1.29, 1.82) is 0 Å². The molecule has 0 bridgehead atoms. The molecule has 0 radical (unpaired) electrons. The van der Waals surface area contributed by atoms with Crippen LogP contribution in [0.25, 0.3) is 0 Å². The molecule has 0 heterocycles. The average molecular weight is 298 g/mol. The molecule has 1 aromatic rings. The summed E-state index contributed by atoms with van der Waals surface area (Å²) in [5, 5.41) is 13.8. The zero-order valence-electron chi connectivity index (χ0n) is 10.9. The first kappa shape index (κ1) is 14.7. The summed E-state index contributed by atoms with van der Waals surface area (Å²) >= 11 is 5.72. The lowest BCUT2D eigenvalue weighted by Crippen LogP contribution is -2.40. The zero-order chi connectivity index (χ0) is 14.8. The second-order valence-corrected chi connectivity index (χ2v) is 5.64. The number of benzene rings is 1. The van der Waals surface area contributed by atoms with Gasteiger partial charge in [0.25, 0.3) is 5.69 Å². The van der Waals surface area contributed by atoms with E-state index in [0.717, 1.165) is 19.3 Å². The van der Waals surface area contributed by atoms with Crippen LogP contribution in [-0.2, 0) is 4.79 Å². The van der Waals surface area contributed by atoms with Gasteiger partial charge >= 0.3 is 0 Å². The van der Waals surface area contributed by atoms with Crippen LogP contribution in [0.5, 0.6) is 0 Å². The summed E-state index contributed by atoms with van der Waals surface area (Å²) in [5.74, 6) is -0.249. The van der Waals surface area contributed by atoms with Crippen molar-refractivity contribution >= 4 is 28.9 Å². The van der Waals surface area contributed by atoms with E-state index in [1.165, 1.54) is 18.2 Å². The maximum atomic E-state index is 12.0. The number of nitrogens with zero attached hydrogens (tertiary/aromatic N) is 1. The van der Waals surface area contributed by atoms with Crippen LogP contribution in [0.15, 0.2) is 18.2 Å². The van der Waals surface area contributed by atoms with Gasteiger partial charge in [0.15, 0.2) is 0 Å². The summed E-state index contributed by atoms with van der Waals surface area (Å²) in [5.41, 5.74) is 5.52. The molecule has 1 aliphatic carbocycles. The standard InChI is InChI=1S/C13H16ClN3O3/c14-9-2-3-10(11(6-9)17(19)20)16-12(18)7-13(8-15)4-1-5-13/h2-3,6H,1,4-5,7-8,15H2,(H,16,18). The Morgan fingerprint density at radius 3 is 2.70 bits per heavy atom. The lowest BCUT2D eigenvalue weighted by molar-refractivity contribution is -0.383. The number of amides is 1. The molecular weight excluding hydrogens is 282 g/mol. The van der Waals surface area contributed by atoms with E-state index in [4.69, 9.17) is 17.3 Å². The van der Waals surface area contributed by atoms with Crippen molar-refractivity contribution < 1.29 is 9.72 Å². The van der Waals surface area contributed by atoms with Crippen molar-refractivity contribution in [3.8, 4) is 0 Å². The van der Waals surface area contributed by atoms with Crippen LogP contribution in [0.4, 0.5) is 11.4 Å². The molecule has 0 atom stereocenters. The maximum absolute atomic E-state index is 12.0. The number of nitrogens with one attached hydrogen (secondary N) is 1. The molecule has 0 saturated heterocycles. The highest BCUT2D eigenvalue weighted by Gasteiger charge is 2.37. The SMILES string of the molecule is NCC1(CC(=O)Nc2ccc(Cl)cc2[N+](=O)[O-])CCC1. The Bertz CT molecular complexity index is 538. The van der Waals surface area contributed by atoms with Crippen LogP contribution in [-0.4, -0.2) is 17.4 Å². The zero-order valence-corrected chi connectivity index (χ0v) is 11.7. The smallest absolute Gasteiger partial charge is 0.294 e. The largest absolute Gasteiger partial charge is 0.330 e. The van der Waals surface area contributed by atoms with E-state index >= 15 is 0 Å². The average Bonchev–Trinajstić information content (AvgIpc) is 2.36. The molecule has 1 aromatic carbocycles. The molecular formula is C13H16ClN3O3. The molecule has 108 valence electrons. The molecule has 6 nitrogen and oxygen atoms in total. The molecule has 0 unspecified atom stereocenters. The van der Waals surface area contributed by atoms with Gasteiger partial charge in [-0.3, -0.25) is 14.9 Å². The number of hydrogen-bond donors (Lipinski definition) is 2. The van der Waals surface area contributed by atoms with Gasteiger partial charge in [-0.15, -0.1) is 0 Å². The van der Waals surface area contributed by atoms with E-state index < -0.39 is 4.92 Å². The first-order chi connectivity index (χ1) is 9.46. The van der Waals surface area contributed by atoms with Crippen LogP contribution in [0, 0.1) is 15.5 Å². The van der Waals surface area contributed by atoms with Gasteiger partial charge in [-0.2, -0.15) is 0 Å². The number of carbonyl (C=O) groups excluding carboxylic acids is 1. The van der Waals surface area contributed by atoms with Crippen molar-refractivity contribution in [3.05, 3.63) is 33.3 Å². The van der Waals surface area contributed by atoms with Crippen LogP contribution >= 0.6 is 11.6 Å². The molecule has 20 heavy (non-hydrogen) atoms. The van der Waals surface area contributed by atoms with Gasteiger partial charge < -0.3 is 11.1 Å². The third kappa shape index (κ3) is 3.08. The molecule has 1 amide bonds. The van der Waals surface area contributed by atoms with Crippen molar-refractivity contribution in [3.63, 3.8) is 0 Å². The molecule has 7 heteroatoms. The van der Waals surface area contributed by atoms with Crippen molar-refractivity contribution in [2.45, 2.75) is 25.7 Å². The Morgan fingerprint density at radius 2 is 2.20 bits per heavy atom. The maximum Gasteiger partial charge on any atom is 0.294 e. The number of anilines is 1. The van der Waals surface area contributed by atoms with Crippen LogP contribution in [0.2, 0.25) is 5.02 Å². The van der Waals surface area contributed by atoms with Gasteiger partial charge in [0.05, 0.1) is 4.92 Å². The Morgan fingerprint density at radius 1 is 1.50 bits per heavy atom. The quantitative estimate of drug-likeness (QED) is 0.645. The highest BCUT2D eigenvalue weighted by atomic mass is 35.5. The Kier molecular flexibility index (Phi) is 4.25. The summed E-state index contributed by atoms with van der Waals surface area (Å²) in [6, 6.07) is 4.17. The molecule has 1 fully saturated rings. The van der Waals surface area contributed by atoms with Crippen LogP contribution in [0.1, 0.15) is 25.7 Å². The Balaban J connectivity index is 2.10. The number of rotatable bonds is 5. The molecule has 0 spiro atoms. The van der Waals surface area contributed by atoms with Crippen molar-refractivity contribution in [2.24, 2.45) is 11.1 Å². The third-order valence-electron chi connectivity index (χ3n) is 3.81. The summed E-state index contributed by atoms with van der Waals surface area (Å²) in [6.45, 7) is 0.461. The second-order valence-electron chi connectivity index (χ2n) is 5.20. The minimum Gasteiger partial charge on any atom is -0.330 e. The number of nitro benzene ring substituents is 1. The molecule has 0 aliphatic heterocycles. The highest BCUT2D eigenvalue weighted by Crippen LogP contribution is 2.43. The van der Waals surface area contributed by atoms with Gasteiger partial charge in [-0.1, -0.05) is 18.0 Å². The number of halogens is 1. The number of hydrogen-bond acceptors (Lipinski definition) is 4. The van der Waals surface area contributed by atoms with Gasteiger partial charge in [0.2, 0.25) is 5.91 Å². The first-order valence-corrected chi connectivity index (χ1v) is 6.77. The Labute approximate surface area is 121 Å². The first-order valence-electron chi connectivity index (χ1n) is 6.40. The fraction of sp³-hybridized carbons (Fsp3) is 0.462. The van der Waals surface area contributed by atoms with Gasteiger partial charge in [0.1, 0.15) is 5.69 Å². The lowest BCUT2D eigenvalue weighted by atomic mass is 9.66. The number of nitrogens with two attached hydrogens (primary N) is 1. The van der Waals surface area contributed by atoms with E-state index in [-0.39, 0.29) is 27.7 Å². The summed E-state index contributed by atoms with van der Waals surface area (Å²) in [4.78, 5) is 22.4. The Hall–Kier alpha value is -1.66. The number of nitro groups is 1. The summed E-state index contributed by atoms with van der Waals surface area (Å²) in [6.07, 6.45) is 3.23. The minimum atomic E-state index is -0.566. The van der Waals surface area contributed by atoms with E-state index in [1.54, 1.807) is 0 Å². The minimum absolute atomic E-state index is 0.134. The van der Waals surface area contributed by atoms with E-state index in [2.05, 4.69) is 5.32 Å².